The Morgan fingerprint density at radius 1 is 1.26 bits per heavy atom. The Morgan fingerprint density at radius 2 is 1.95 bits per heavy atom. The highest BCUT2D eigenvalue weighted by Crippen LogP contribution is 2.13. The van der Waals surface area contributed by atoms with Crippen molar-refractivity contribution in [3.05, 3.63) is 0 Å². The largest absolute Gasteiger partial charge is 0.353 e. The van der Waals surface area contributed by atoms with Crippen LogP contribution in [0.2, 0.25) is 0 Å². The van der Waals surface area contributed by atoms with Crippen molar-refractivity contribution in [1.82, 2.24) is 15.5 Å². The van der Waals surface area contributed by atoms with Gasteiger partial charge in [-0.25, -0.2) is 0 Å². The van der Waals surface area contributed by atoms with E-state index in [9.17, 15) is 4.79 Å². The zero-order valence-electron chi connectivity index (χ0n) is 11.7. The van der Waals surface area contributed by atoms with Crippen LogP contribution in [0, 0.1) is 5.92 Å². The highest BCUT2D eigenvalue weighted by atomic mass is 35.5. The highest BCUT2D eigenvalue weighted by Gasteiger charge is 2.26. The number of carbonyl (C=O) groups excluding carboxylic acids is 1. The van der Waals surface area contributed by atoms with Crippen molar-refractivity contribution in [3.63, 3.8) is 0 Å². The van der Waals surface area contributed by atoms with E-state index < -0.39 is 0 Å². The van der Waals surface area contributed by atoms with Gasteiger partial charge in [-0.05, 0) is 38.8 Å². The number of amides is 1. The fraction of sp³-hybridized carbons (Fsp3) is 0.923. The second kappa shape index (κ2) is 9.81. The molecule has 114 valence electrons. The second-order valence-electron chi connectivity index (χ2n) is 5.31. The molecule has 0 aromatic rings. The molecule has 2 heterocycles. The van der Waals surface area contributed by atoms with Crippen molar-refractivity contribution < 1.29 is 4.79 Å². The van der Waals surface area contributed by atoms with E-state index in [1.54, 1.807) is 0 Å². The van der Waals surface area contributed by atoms with Gasteiger partial charge in [-0.2, -0.15) is 0 Å². The van der Waals surface area contributed by atoms with Gasteiger partial charge >= 0.3 is 0 Å². The van der Waals surface area contributed by atoms with E-state index in [1.165, 1.54) is 13.0 Å². The molecule has 4 nitrogen and oxygen atoms in total. The molecule has 2 aliphatic rings. The van der Waals surface area contributed by atoms with Gasteiger partial charge in [0.05, 0.1) is 5.92 Å². The van der Waals surface area contributed by atoms with Crippen LogP contribution in [0.5, 0.6) is 0 Å². The topological polar surface area (TPSA) is 44.4 Å². The molecular formula is C13H27Cl2N3O. The maximum absolute atomic E-state index is 12.0. The minimum absolute atomic E-state index is 0. The van der Waals surface area contributed by atoms with Gasteiger partial charge in [0, 0.05) is 25.7 Å². The smallest absolute Gasteiger partial charge is 0.224 e. The van der Waals surface area contributed by atoms with E-state index >= 15 is 0 Å². The summed E-state index contributed by atoms with van der Waals surface area (Å²) in [7, 11) is 0. The van der Waals surface area contributed by atoms with Crippen LogP contribution >= 0.6 is 24.8 Å². The summed E-state index contributed by atoms with van der Waals surface area (Å²) < 4.78 is 0. The predicted molar refractivity (Wildman–Crippen MR) is 83.4 cm³/mol. The van der Waals surface area contributed by atoms with Crippen LogP contribution in [0.1, 0.15) is 32.6 Å². The van der Waals surface area contributed by atoms with Gasteiger partial charge in [0.25, 0.3) is 0 Å². The molecule has 0 aromatic heterocycles. The molecule has 0 spiro atoms. The summed E-state index contributed by atoms with van der Waals surface area (Å²) in [5.74, 6) is 0.479. The quantitative estimate of drug-likeness (QED) is 0.825. The third-order valence-electron chi connectivity index (χ3n) is 3.90. The molecule has 6 heteroatoms. The number of likely N-dealkylation sites (tertiary alicyclic amines) is 1. The van der Waals surface area contributed by atoms with Crippen molar-refractivity contribution in [2.75, 3.05) is 32.7 Å². The number of nitrogens with zero attached hydrogens (tertiary/aromatic N) is 1. The fourth-order valence-corrected chi connectivity index (χ4v) is 2.81. The summed E-state index contributed by atoms with van der Waals surface area (Å²) in [6, 6.07) is 0.413. The lowest BCUT2D eigenvalue weighted by molar-refractivity contribution is -0.125. The maximum atomic E-state index is 12.0. The zero-order valence-corrected chi connectivity index (χ0v) is 13.3. The molecule has 2 aliphatic heterocycles. The maximum Gasteiger partial charge on any atom is 0.224 e. The lowest BCUT2D eigenvalue weighted by Gasteiger charge is -2.32. The van der Waals surface area contributed by atoms with Gasteiger partial charge in [0.15, 0.2) is 0 Å². The monoisotopic (exact) mass is 311 g/mol. The molecule has 0 radical (unpaired) electrons. The molecule has 0 aliphatic carbocycles. The summed E-state index contributed by atoms with van der Waals surface area (Å²) >= 11 is 0. The van der Waals surface area contributed by atoms with E-state index in [2.05, 4.69) is 22.5 Å². The Kier molecular flexibility index (Phi) is 9.79. The highest BCUT2D eigenvalue weighted by molar-refractivity contribution is 5.85. The minimum Gasteiger partial charge on any atom is -0.353 e. The van der Waals surface area contributed by atoms with E-state index in [0.29, 0.717) is 6.04 Å². The molecule has 0 saturated carbocycles. The Morgan fingerprint density at radius 3 is 2.47 bits per heavy atom. The van der Waals surface area contributed by atoms with Gasteiger partial charge in [0.2, 0.25) is 5.91 Å². The van der Waals surface area contributed by atoms with Crippen molar-refractivity contribution in [2.24, 2.45) is 5.92 Å². The first-order chi connectivity index (χ1) is 8.29. The Hall–Kier alpha value is -0.0300. The number of carbonyl (C=O) groups is 1. The minimum atomic E-state index is 0. The molecule has 2 N–H and O–H groups in total. The van der Waals surface area contributed by atoms with Crippen molar-refractivity contribution in [3.8, 4) is 0 Å². The van der Waals surface area contributed by atoms with Crippen LogP contribution in [0.15, 0.2) is 0 Å². The average Bonchev–Trinajstić information content (AvgIpc) is 2.86. The summed E-state index contributed by atoms with van der Waals surface area (Å²) in [4.78, 5) is 14.5. The molecule has 0 aromatic carbocycles. The lowest BCUT2D eigenvalue weighted by atomic mass is 10.0. The van der Waals surface area contributed by atoms with Gasteiger partial charge in [-0.15, -0.1) is 24.8 Å². The SMILES string of the molecule is CCCN1CCC(NC(=O)C2CCNC2)CC1.Cl.Cl. The normalized spacial score (nSPS) is 24.4. The number of hydrogen-bond donors (Lipinski definition) is 2. The van der Waals surface area contributed by atoms with E-state index in [-0.39, 0.29) is 36.6 Å². The van der Waals surface area contributed by atoms with Crippen LogP contribution in [-0.4, -0.2) is 49.6 Å². The van der Waals surface area contributed by atoms with Gasteiger partial charge < -0.3 is 15.5 Å². The van der Waals surface area contributed by atoms with Crippen LogP contribution in [-0.2, 0) is 4.79 Å². The Bertz CT molecular complexity index is 252. The van der Waals surface area contributed by atoms with Gasteiger partial charge in [0.1, 0.15) is 0 Å². The third kappa shape index (κ3) is 5.86. The molecule has 1 amide bonds. The summed E-state index contributed by atoms with van der Waals surface area (Å²) in [6.07, 6.45) is 4.46. The first kappa shape index (κ1) is 19.0. The van der Waals surface area contributed by atoms with Crippen LogP contribution < -0.4 is 10.6 Å². The molecule has 1 atom stereocenters. The third-order valence-corrected chi connectivity index (χ3v) is 3.90. The number of halogens is 2. The first-order valence-electron chi connectivity index (χ1n) is 7.03. The molecule has 2 fully saturated rings. The number of piperidine rings is 1. The summed E-state index contributed by atoms with van der Waals surface area (Å²) in [5.41, 5.74) is 0. The zero-order chi connectivity index (χ0) is 12.1. The molecule has 19 heavy (non-hydrogen) atoms. The summed E-state index contributed by atoms with van der Waals surface area (Å²) in [6.45, 7) is 7.56. The summed E-state index contributed by atoms with van der Waals surface area (Å²) in [5, 5.41) is 6.46. The van der Waals surface area contributed by atoms with Crippen molar-refractivity contribution >= 4 is 30.7 Å². The fourth-order valence-electron chi connectivity index (χ4n) is 2.81. The van der Waals surface area contributed by atoms with Crippen LogP contribution in [0.3, 0.4) is 0 Å². The second-order valence-corrected chi connectivity index (χ2v) is 5.31. The van der Waals surface area contributed by atoms with Gasteiger partial charge in [-0.3, -0.25) is 4.79 Å². The first-order valence-corrected chi connectivity index (χ1v) is 7.03. The van der Waals surface area contributed by atoms with Crippen molar-refractivity contribution in [1.29, 1.82) is 0 Å². The number of nitrogens with one attached hydrogen (secondary N) is 2. The standard InChI is InChI=1S/C13H25N3O.2ClH/c1-2-7-16-8-4-12(5-9-16)15-13(17)11-3-6-14-10-11;;/h11-12,14H,2-10H2,1H3,(H,15,17);2*1H. The van der Waals surface area contributed by atoms with Crippen LogP contribution in [0.4, 0.5) is 0 Å². The predicted octanol–water partition coefficient (Wildman–Crippen LogP) is 1.43. The average molecular weight is 312 g/mol. The molecule has 2 saturated heterocycles. The van der Waals surface area contributed by atoms with Crippen LogP contribution in [0.25, 0.3) is 0 Å². The van der Waals surface area contributed by atoms with E-state index in [4.69, 9.17) is 0 Å². The van der Waals surface area contributed by atoms with E-state index in [0.717, 1.165) is 45.4 Å². The van der Waals surface area contributed by atoms with Gasteiger partial charge in [-0.1, -0.05) is 6.92 Å². The number of hydrogen-bond acceptors (Lipinski definition) is 3. The molecule has 2 rings (SSSR count). The molecule has 1 unspecified atom stereocenters. The van der Waals surface area contributed by atoms with Crippen molar-refractivity contribution in [2.45, 2.75) is 38.6 Å². The number of rotatable bonds is 4. The Balaban J connectivity index is 0.00000162. The lowest BCUT2D eigenvalue weighted by Crippen LogP contribution is -2.46. The molecular weight excluding hydrogens is 285 g/mol. The van der Waals surface area contributed by atoms with E-state index in [1.807, 2.05) is 0 Å². The Labute approximate surface area is 128 Å². The molecule has 0 bridgehead atoms.